The average Bonchev–Trinajstić information content (AvgIpc) is 3.05. The molecule has 1 saturated heterocycles. The summed E-state index contributed by atoms with van der Waals surface area (Å²) >= 11 is 0. The van der Waals surface area contributed by atoms with Crippen LogP contribution in [0.25, 0.3) is 0 Å². The highest BCUT2D eigenvalue weighted by molar-refractivity contribution is 6.05. The van der Waals surface area contributed by atoms with Crippen LogP contribution in [0.5, 0.6) is 0 Å². The number of hydrogen-bond donors (Lipinski definition) is 1. The fourth-order valence-electron chi connectivity index (χ4n) is 4.48. The van der Waals surface area contributed by atoms with E-state index in [9.17, 15) is 18.0 Å². The van der Waals surface area contributed by atoms with Crippen molar-refractivity contribution in [1.29, 1.82) is 0 Å². The first kappa shape index (κ1) is 23.9. The SMILES string of the molecule is Cc1ccc(NC(=O)c2c(C)c(N3CCOCC3)c(C)n2Cc2cccc(C(F)(F)F)c2)cc1. The second kappa shape index (κ2) is 9.54. The second-order valence-corrected chi connectivity index (χ2v) is 8.61. The van der Waals surface area contributed by atoms with Crippen LogP contribution < -0.4 is 10.2 Å². The lowest BCUT2D eigenvalue weighted by molar-refractivity contribution is -0.137. The molecule has 1 aliphatic rings. The van der Waals surface area contributed by atoms with Crippen molar-refractivity contribution in [2.75, 3.05) is 36.5 Å². The molecule has 34 heavy (non-hydrogen) atoms. The number of aromatic nitrogens is 1. The van der Waals surface area contributed by atoms with Gasteiger partial charge in [-0.1, -0.05) is 29.8 Å². The zero-order valence-electron chi connectivity index (χ0n) is 19.5. The minimum absolute atomic E-state index is 0.150. The van der Waals surface area contributed by atoms with Crippen LogP contribution in [0.15, 0.2) is 48.5 Å². The summed E-state index contributed by atoms with van der Waals surface area (Å²) in [4.78, 5) is 15.6. The minimum atomic E-state index is -4.43. The van der Waals surface area contributed by atoms with E-state index in [4.69, 9.17) is 4.74 Å². The Labute approximate surface area is 197 Å². The maximum atomic E-state index is 13.5. The first-order valence-corrected chi connectivity index (χ1v) is 11.2. The number of alkyl halides is 3. The van der Waals surface area contributed by atoms with E-state index in [1.807, 2.05) is 49.6 Å². The topological polar surface area (TPSA) is 46.5 Å². The van der Waals surface area contributed by atoms with Gasteiger partial charge in [0, 0.05) is 36.6 Å². The van der Waals surface area contributed by atoms with E-state index >= 15 is 0 Å². The lowest BCUT2D eigenvalue weighted by atomic mass is 10.1. The maximum absolute atomic E-state index is 13.5. The summed E-state index contributed by atoms with van der Waals surface area (Å²) < 4.78 is 47.2. The third kappa shape index (κ3) is 4.97. The molecule has 8 heteroatoms. The first-order chi connectivity index (χ1) is 16.1. The summed E-state index contributed by atoms with van der Waals surface area (Å²) in [5, 5.41) is 2.95. The zero-order valence-corrected chi connectivity index (χ0v) is 19.5. The number of carbonyl (C=O) groups excluding carboxylic acids is 1. The van der Waals surface area contributed by atoms with E-state index in [1.54, 1.807) is 6.07 Å². The average molecular weight is 472 g/mol. The monoisotopic (exact) mass is 471 g/mol. The molecule has 180 valence electrons. The number of anilines is 2. The van der Waals surface area contributed by atoms with Crippen molar-refractivity contribution in [3.8, 4) is 0 Å². The van der Waals surface area contributed by atoms with Gasteiger partial charge in [0.25, 0.3) is 5.91 Å². The number of benzene rings is 2. The van der Waals surface area contributed by atoms with Gasteiger partial charge in [-0.2, -0.15) is 13.2 Å². The molecular formula is C26H28F3N3O2. The standard InChI is InChI=1S/C26H28F3N3O2/c1-17-7-9-22(10-8-17)30-25(33)24-18(2)23(31-11-13-34-14-12-31)19(3)32(24)16-20-5-4-6-21(15-20)26(27,28)29/h4-10,15H,11-14,16H2,1-3H3,(H,30,33). The van der Waals surface area contributed by atoms with Crippen LogP contribution in [-0.4, -0.2) is 36.8 Å². The van der Waals surface area contributed by atoms with Crippen LogP contribution in [0.4, 0.5) is 24.5 Å². The molecule has 1 N–H and O–H groups in total. The Balaban J connectivity index is 1.75. The highest BCUT2D eigenvalue weighted by Gasteiger charge is 2.31. The molecule has 1 aliphatic heterocycles. The Morgan fingerprint density at radius 2 is 1.71 bits per heavy atom. The van der Waals surface area contributed by atoms with Crippen LogP contribution in [0.3, 0.4) is 0 Å². The van der Waals surface area contributed by atoms with Gasteiger partial charge in [0.2, 0.25) is 0 Å². The van der Waals surface area contributed by atoms with Crippen molar-refractivity contribution < 1.29 is 22.7 Å². The summed E-state index contributed by atoms with van der Waals surface area (Å²) in [5.41, 5.74) is 4.53. The molecule has 0 bridgehead atoms. The molecule has 4 rings (SSSR count). The van der Waals surface area contributed by atoms with Crippen molar-refractivity contribution in [2.45, 2.75) is 33.5 Å². The Morgan fingerprint density at radius 1 is 1.03 bits per heavy atom. The smallest absolute Gasteiger partial charge is 0.378 e. The molecule has 1 amide bonds. The number of aryl methyl sites for hydroxylation is 1. The van der Waals surface area contributed by atoms with Crippen molar-refractivity contribution in [3.63, 3.8) is 0 Å². The van der Waals surface area contributed by atoms with E-state index in [0.717, 1.165) is 34.6 Å². The van der Waals surface area contributed by atoms with E-state index in [-0.39, 0.29) is 12.5 Å². The highest BCUT2D eigenvalue weighted by atomic mass is 19.4. The summed E-state index contributed by atoms with van der Waals surface area (Å²) in [6.45, 7) is 8.47. The highest BCUT2D eigenvalue weighted by Crippen LogP contribution is 2.34. The van der Waals surface area contributed by atoms with E-state index in [1.165, 1.54) is 6.07 Å². The predicted molar refractivity (Wildman–Crippen MR) is 127 cm³/mol. The minimum Gasteiger partial charge on any atom is -0.378 e. The summed E-state index contributed by atoms with van der Waals surface area (Å²) in [7, 11) is 0. The van der Waals surface area contributed by atoms with Gasteiger partial charge in [-0.05, 0) is 50.6 Å². The normalized spacial score (nSPS) is 14.4. The quantitative estimate of drug-likeness (QED) is 0.529. The number of halogens is 3. The third-order valence-corrected chi connectivity index (χ3v) is 6.17. The Morgan fingerprint density at radius 3 is 2.35 bits per heavy atom. The molecule has 0 unspecified atom stereocenters. The molecule has 0 spiro atoms. The maximum Gasteiger partial charge on any atom is 0.416 e. The van der Waals surface area contributed by atoms with Crippen molar-refractivity contribution in [1.82, 2.24) is 4.57 Å². The molecular weight excluding hydrogens is 443 g/mol. The van der Waals surface area contributed by atoms with Gasteiger partial charge < -0.3 is 19.5 Å². The molecule has 5 nitrogen and oxygen atoms in total. The van der Waals surface area contributed by atoms with E-state index in [2.05, 4.69) is 10.2 Å². The number of carbonyl (C=O) groups is 1. The van der Waals surface area contributed by atoms with Gasteiger partial charge in [-0.15, -0.1) is 0 Å². The number of rotatable bonds is 5. The van der Waals surface area contributed by atoms with E-state index < -0.39 is 11.7 Å². The van der Waals surface area contributed by atoms with Crippen molar-refractivity contribution in [2.24, 2.45) is 0 Å². The molecule has 0 radical (unpaired) electrons. The first-order valence-electron chi connectivity index (χ1n) is 11.2. The van der Waals surface area contributed by atoms with Crippen molar-refractivity contribution in [3.05, 3.63) is 82.2 Å². The second-order valence-electron chi connectivity index (χ2n) is 8.61. The molecule has 1 aromatic heterocycles. The Hall–Kier alpha value is -3.26. The van der Waals surface area contributed by atoms with Gasteiger partial charge in [0.05, 0.1) is 24.5 Å². The number of hydrogen-bond acceptors (Lipinski definition) is 3. The van der Waals surface area contributed by atoms with Crippen molar-refractivity contribution >= 4 is 17.3 Å². The van der Waals surface area contributed by atoms with Crippen LogP contribution in [0, 0.1) is 20.8 Å². The Bertz CT molecular complexity index is 1180. The van der Waals surface area contributed by atoms with Gasteiger partial charge in [0.1, 0.15) is 5.69 Å². The molecule has 2 heterocycles. The fraction of sp³-hybridized carbons (Fsp3) is 0.346. The number of morpholine rings is 1. The van der Waals surface area contributed by atoms with Gasteiger partial charge in [0.15, 0.2) is 0 Å². The van der Waals surface area contributed by atoms with Crippen LogP contribution >= 0.6 is 0 Å². The number of nitrogens with zero attached hydrogens (tertiary/aromatic N) is 2. The number of ether oxygens (including phenoxy) is 1. The molecule has 0 aliphatic carbocycles. The van der Waals surface area contributed by atoms with Crippen LogP contribution in [0.2, 0.25) is 0 Å². The van der Waals surface area contributed by atoms with Crippen LogP contribution in [-0.2, 0) is 17.5 Å². The van der Waals surface area contributed by atoms with Gasteiger partial charge >= 0.3 is 6.18 Å². The zero-order chi connectivity index (χ0) is 24.5. The molecule has 0 saturated carbocycles. The molecule has 1 fully saturated rings. The van der Waals surface area contributed by atoms with Gasteiger partial charge in [-0.25, -0.2) is 0 Å². The summed E-state index contributed by atoms with van der Waals surface area (Å²) in [6.07, 6.45) is -4.43. The van der Waals surface area contributed by atoms with Gasteiger partial charge in [-0.3, -0.25) is 4.79 Å². The van der Waals surface area contributed by atoms with Crippen LogP contribution in [0.1, 0.15) is 38.4 Å². The lowest BCUT2D eigenvalue weighted by Crippen LogP contribution is -2.36. The lowest BCUT2D eigenvalue weighted by Gasteiger charge is -2.29. The summed E-state index contributed by atoms with van der Waals surface area (Å²) in [5.74, 6) is -0.295. The summed E-state index contributed by atoms with van der Waals surface area (Å²) in [6, 6.07) is 12.7. The predicted octanol–water partition coefficient (Wildman–Crippen LogP) is 5.57. The Kier molecular flexibility index (Phi) is 6.70. The molecule has 0 atom stereocenters. The molecule has 3 aromatic rings. The molecule has 2 aromatic carbocycles. The van der Waals surface area contributed by atoms with E-state index in [0.29, 0.717) is 43.2 Å². The number of nitrogens with one attached hydrogen (secondary N) is 1. The third-order valence-electron chi connectivity index (χ3n) is 6.17. The number of amides is 1. The largest absolute Gasteiger partial charge is 0.416 e. The fourth-order valence-corrected chi connectivity index (χ4v) is 4.48.